The van der Waals surface area contributed by atoms with Crippen LogP contribution in [-0.2, 0) is 0 Å². The molecule has 0 aliphatic carbocycles. The molecule has 3 nitrogen and oxygen atoms in total. The van der Waals surface area contributed by atoms with Gasteiger partial charge in [-0.2, -0.15) is 0 Å². The fourth-order valence-electron chi connectivity index (χ4n) is 2.30. The summed E-state index contributed by atoms with van der Waals surface area (Å²) in [5.74, 6) is 0.797. The number of hydrogen-bond donors (Lipinski definition) is 1. The van der Waals surface area contributed by atoms with Crippen LogP contribution < -0.4 is 10.2 Å². The number of nitrogens with zero attached hydrogens (tertiary/aromatic N) is 2. The maximum Gasteiger partial charge on any atom is 0.186 e. The molecule has 1 fully saturated rings. The van der Waals surface area contributed by atoms with Gasteiger partial charge in [0.2, 0.25) is 0 Å². The minimum absolute atomic E-state index is 0.622. The average molecular weight is 274 g/mol. The molecule has 2 rings (SSSR count). The van der Waals surface area contributed by atoms with Crippen molar-refractivity contribution in [3.63, 3.8) is 0 Å². The lowest BCUT2D eigenvalue weighted by atomic mass is 9.97. The molecule has 0 amide bonds. The SMILES string of the molecule is CCCN(CC1CCNCC1)c1nc(Cl)cs1. The molecule has 0 atom stereocenters. The Balaban J connectivity index is 1.96. The summed E-state index contributed by atoms with van der Waals surface area (Å²) in [5, 5.41) is 7.03. The molecule has 0 unspecified atom stereocenters. The molecule has 0 aromatic carbocycles. The maximum atomic E-state index is 5.91. The molecule has 1 N–H and O–H groups in total. The van der Waals surface area contributed by atoms with Gasteiger partial charge in [-0.3, -0.25) is 0 Å². The van der Waals surface area contributed by atoms with Crippen molar-refractivity contribution in [2.75, 3.05) is 31.1 Å². The highest BCUT2D eigenvalue weighted by molar-refractivity contribution is 7.14. The van der Waals surface area contributed by atoms with Crippen LogP contribution in [0.25, 0.3) is 0 Å². The van der Waals surface area contributed by atoms with E-state index >= 15 is 0 Å². The Morgan fingerprint density at radius 1 is 1.53 bits per heavy atom. The van der Waals surface area contributed by atoms with Crippen LogP contribution >= 0.6 is 22.9 Å². The van der Waals surface area contributed by atoms with E-state index in [0.717, 1.165) is 43.6 Å². The van der Waals surface area contributed by atoms with Crippen LogP contribution in [0.4, 0.5) is 5.13 Å². The molecule has 5 heteroatoms. The van der Waals surface area contributed by atoms with E-state index in [9.17, 15) is 0 Å². The number of anilines is 1. The summed E-state index contributed by atoms with van der Waals surface area (Å²) in [7, 11) is 0. The number of aromatic nitrogens is 1. The van der Waals surface area contributed by atoms with Gasteiger partial charge in [0.05, 0.1) is 0 Å². The van der Waals surface area contributed by atoms with Crippen LogP contribution in [0.15, 0.2) is 5.38 Å². The molecule has 1 aliphatic heterocycles. The molecule has 96 valence electrons. The summed E-state index contributed by atoms with van der Waals surface area (Å²) >= 11 is 7.56. The zero-order valence-electron chi connectivity index (χ0n) is 10.3. The summed E-state index contributed by atoms with van der Waals surface area (Å²) in [4.78, 5) is 6.78. The molecule has 1 aromatic heterocycles. The molecule has 1 aliphatic rings. The van der Waals surface area contributed by atoms with Crippen molar-refractivity contribution in [3.8, 4) is 0 Å². The van der Waals surface area contributed by atoms with Crippen molar-refractivity contribution in [2.45, 2.75) is 26.2 Å². The number of hydrogen-bond acceptors (Lipinski definition) is 4. The zero-order chi connectivity index (χ0) is 12.1. The van der Waals surface area contributed by atoms with Gasteiger partial charge < -0.3 is 10.2 Å². The Bertz CT molecular complexity index is 336. The van der Waals surface area contributed by atoms with Gasteiger partial charge in [0.25, 0.3) is 0 Å². The second kappa shape index (κ2) is 6.57. The van der Waals surface area contributed by atoms with Crippen molar-refractivity contribution in [2.24, 2.45) is 5.92 Å². The molecule has 1 saturated heterocycles. The van der Waals surface area contributed by atoms with Crippen LogP contribution in [0, 0.1) is 5.92 Å². The number of halogens is 1. The van der Waals surface area contributed by atoms with Crippen molar-refractivity contribution in [1.82, 2.24) is 10.3 Å². The highest BCUT2D eigenvalue weighted by Gasteiger charge is 2.18. The van der Waals surface area contributed by atoms with Crippen molar-refractivity contribution in [3.05, 3.63) is 10.5 Å². The summed E-state index contributed by atoms with van der Waals surface area (Å²) in [6, 6.07) is 0. The Morgan fingerprint density at radius 3 is 2.88 bits per heavy atom. The van der Waals surface area contributed by atoms with Gasteiger partial charge in [-0.15, -0.1) is 11.3 Å². The molecule has 0 saturated carbocycles. The third kappa shape index (κ3) is 3.83. The third-order valence-electron chi connectivity index (χ3n) is 3.17. The Hall–Kier alpha value is -0.320. The molecule has 0 spiro atoms. The summed E-state index contributed by atoms with van der Waals surface area (Å²) in [6.07, 6.45) is 3.71. The van der Waals surface area contributed by atoms with Crippen molar-refractivity contribution in [1.29, 1.82) is 0 Å². The van der Waals surface area contributed by atoms with Gasteiger partial charge in [-0.05, 0) is 38.3 Å². The number of thiazole rings is 1. The van der Waals surface area contributed by atoms with Crippen LogP contribution in [-0.4, -0.2) is 31.2 Å². The summed E-state index contributed by atoms with van der Waals surface area (Å²) < 4.78 is 0. The molecule has 2 heterocycles. The topological polar surface area (TPSA) is 28.2 Å². The van der Waals surface area contributed by atoms with Crippen molar-refractivity contribution < 1.29 is 0 Å². The number of nitrogens with one attached hydrogen (secondary N) is 1. The largest absolute Gasteiger partial charge is 0.348 e. The lowest BCUT2D eigenvalue weighted by molar-refractivity contribution is 0.373. The second-order valence-corrected chi connectivity index (χ2v) is 5.82. The minimum atomic E-state index is 0.622. The lowest BCUT2D eigenvalue weighted by Gasteiger charge is -2.29. The van der Waals surface area contributed by atoms with E-state index < -0.39 is 0 Å². The molecule has 0 bridgehead atoms. The minimum Gasteiger partial charge on any atom is -0.348 e. The quantitative estimate of drug-likeness (QED) is 0.894. The predicted octanol–water partition coefficient (Wildman–Crippen LogP) is 3.01. The van der Waals surface area contributed by atoms with Gasteiger partial charge in [0.1, 0.15) is 5.15 Å². The number of rotatable bonds is 5. The number of piperidine rings is 1. The van der Waals surface area contributed by atoms with E-state index in [1.807, 2.05) is 5.38 Å². The Kier molecular flexibility index (Phi) is 5.07. The van der Waals surface area contributed by atoms with Crippen LogP contribution in [0.5, 0.6) is 0 Å². The smallest absolute Gasteiger partial charge is 0.186 e. The summed E-state index contributed by atoms with van der Waals surface area (Å²) in [5.41, 5.74) is 0. The van der Waals surface area contributed by atoms with E-state index in [2.05, 4.69) is 22.1 Å². The molecule has 17 heavy (non-hydrogen) atoms. The zero-order valence-corrected chi connectivity index (χ0v) is 11.9. The first kappa shape index (κ1) is 13.1. The van der Waals surface area contributed by atoms with Gasteiger partial charge in [-0.1, -0.05) is 18.5 Å². The van der Waals surface area contributed by atoms with E-state index in [1.165, 1.54) is 12.8 Å². The first-order valence-corrected chi connectivity index (χ1v) is 7.62. The molecule has 1 aromatic rings. The van der Waals surface area contributed by atoms with E-state index in [-0.39, 0.29) is 0 Å². The average Bonchev–Trinajstić information content (AvgIpc) is 2.77. The van der Waals surface area contributed by atoms with E-state index in [0.29, 0.717) is 5.15 Å². The highest BCUT2D eigenvalue weighted by Crippen LogP contribution is 2.25. The van der Waals surface area contributed by atoms with E-state index in [4.69, 9.17) is 11.6 Å². The maximum absolute atomic E-state index is 5.91. The van der Waals surface area contributed by atoms with Gasteiger partial charge in [0, 0.05) is 18.5 Å². The molecule has 0 radical (unpaired) electrons. The van der Waals surface area contributed by atoms with Crippen LogP contribution in [0.1, 0.15) is 26.2 Å². The highest BCUT2D eigenvalue weighted by atomic mass is 35.5. The van der Waals surface area contributed by atoms with Crippen molar-refractivity contribution >= 4 is 28.1 Å². The molecular formula is C12H20ClN3S. The Labute approximate surface area is 112 Å². The fourth-order valence-corrected chi connectivity index (χ4v) is 3.29. The van der Waals surface area contributed by atoms with E-state index in [1.54, 1.807) is 11.3 Å². The van der Waals surface area contributed by atoms with Crippen LogP contribution in [0.3, 0.4) is 0 Å². The normalized spacial score (nSPS) is 17.3. The molecular weight excluding hydrogens is 254 g/mol. The first-order chi connectivity index (χ1) is 8.29. The summed E-state index contributed by atoms with van der Waals surface area (Å²) in [6.45, 7) is 6.73. The third-order valence-corrected chi connectivity index (χ3v) is 4.39. The van der Waals surface area contributed by atoms with Gasteiger partial charge in [0.15, 0.2) is 5.13 Å². The van der Waals surface area contributed by atoms with Gasteiger partial charge in [-0.25, -0.2) is 4.98 Å². The first-order valence-electron chi connectivity index (χ1n) is 6.36. The van der Waals surface area contributed by atoms with Gasteiger partial charge >= 0.3 is 0 Å². The lowest BCUT2D eigenvalue weighted by Crippen LogP contribution is -2.36. The Morgan fingerprint density at radius 2 is 2.29 bits per heavy atom. The predicted molar refractivity (Wildman–Crippen MR) is 75.2 cm³/mol. The second-order valence-electron chi connectivity index (χ2n) is 4.59. The standard InChI is InChI=1S/C12H20ClN3S/c1-2-7-16(12-15-11(13)9-17-12)8-10-3-5-14-6-4-10/h9-10,14H,2-8H2,1H3. The monoisotopic (exact) mass is 273 g/mol. The fraction of sp³-hybridized carbons (Fsp3) is 0.750. The van der Waals surface area contributed by atoms with Crippen LogP contribution in [0.2, 0.25) is 5.15 Å².